The average Bonchev–Trinajstić information content (AvgIpc) is 3.10. The molecule has 3 heterocycles. The van der Waals surface area contributed by atoms with Crippen molar-refractivity contribution in [3.05, 3.63) is 83.4 Å². The van der Waals surface area contributed by atoms with Gasteiger partial charge >= 0.3 is 0 Å². The van der Waals surface area contributed by atoms with Crippen LogP contribution in [-0.2, 0) is 16.6 Å². The normalized spacial score (nSPS) is 18.0. The number of sulfonamides is 1. The van der Waals surface area contributed by atoms with E-state index in [1.165, 1.54) is 0 Å². The molecule has 128 valence electrons. The largest absolute Gasteiger partial charge is 0.348 e. The van der Waals surface area contributed by atoms with Crippen molar-refractivity contribution in [3.8, 4) is 0 Å². The van der Waals surface area contributed by atoms with Gasteiger partial charge in [0.05, 0.1) is 10.9 Å². The lowest BCUT2D eigenvalue weighted by Gasteiger charge is -2.36. The van der Waals surface area contributed by atoms with Crippen molar-refractivity contribution in [1.82, 2.24) is 13.9 Å². The summed E-state index contributed by atoms with van der Waals surface area (Å²) in [5, 5.41) is 0.511. The average molecular weight is 374 g/mol. The van der Waals surface area contributed by atoms with Crippen LogP contribution < -0.4 is 0 Å². The molecule has 0 spiro atoms. The van der Waals surface area contributed by atoms with Crippen LogP contribution in [0.15, 0.2) is 72.0 Å². The third-order valence-corrected chi connectivity index (χ3v) is 6.57. The number of halogens is 1. The Hall–Kier alpha value is -2.15. The van der Waals surface area contributed by atoms with E-state index >= 15 is 0 Å². The summed E-state index contributed by atoms with van der Waals surface area (Å²) in [5.41, 5.74) is 1.85. The maximum atomic E-state index is 13.3. The van der Waals surface area contributed by atoms with Crippen molar-refractivity contribution in [2.45, 2.75) is 17.5 Å². The first-order valence-electron chi connectivity index (χ1n) is 7.90. The van der Waals surface area contributed by atoms with E-state index in [-0.39, 0.29) is 10.9 Å². The van der Waals surface area contributed by atoms with Crippen molar-refractivity contribution >= 4 is 21.6 Å². The lowest BCUT2D eigenvalue weighted by Crippen LogP contribution is -2.42. The summed E-state index contributed by atoms with van der Waals surface area (Å²) in [4.78, 5) is 4.30. The van der Waals surface area contributed by atoms with E-state index in [2.05, 4.69) is 9.55 Å². The third kappa shape index (κ3) is 2.86. The van der Waals surface area contributed by atoms with Gasteiger partial charge in [-0.05, 0) is 54.1 Å². The van der Waals surface area contributed by atoms with Crippen LogP contribution >= 0.6 is 11.6 Å². The molecule has 1 aliphatic heterocycles. The molecule has 2 aromatic heterocycles. The van der Waals surface area contributed by atoms with Crippen LogP contribution in [0.5, 0.6) is 0 Å². The minimum Gasteiger partial charge on any atom is -0.348 e. The van der Waals surface area contributed by atoms with Gasteiger partial charge in [-0.2, -0.15) is 4.31 Å². The van der Waals surface area contributed by atoms with Crippen molar-refractivity contribution in [3.63, 3.8) is 0 Å². The van der Waals surface area contributed by atoms with Crippen molar-refractivity contribution < 1.29 is 8.42 Å². The first kappa shape index (κ1) is 16.3. The standard InChI is InChI=1S/C18H16ClN3O2S/c19-15-3-5-16(6-4-15)25(23,24)22-13-12-21-11-1-2-17(21)18(22)14-7-9-20-10-8-14/h1-11,18H,12-13H2. The molecule has 25 heavy (non-hydrogen) atoms. The summed E-state index contributed by atoms with van der Waals surface area (Å²) in [7, 11) is -3.66. The Balaban J connectivity index is 1.84. The van der Waals surface area contributed by atoms with Gasteiger partial charge in [-0.3, -0.25) is 4.98 Å². The van der Waals surface area contributed by atoms with Crippen molar-refractivity contribution in [2.24, 2.45) is 0 Å². The number of pyridine rings is 1. The van der Waals surface area contributed by atoms with Gasteiger partial charge in [-0.15, -0.1) is 0 Å². The fourth-order valence-electron chi connectivity index (χ4n) is 3.25. The fraction of sp³-hybridized carbons (Fsp3) is 0.167. The minimum absolute atomic E-state index is 0.246. The molecule has 0 aliphatic carbocycles. The zero-order valence-electron chi connectivity index (χ0n) is 13.3. The maximum Gasteiger partial charge on any atom is 0.244 e. The van der Waals surface area contributed by atoms with Crippen LogP contribution in [-0.4, -0.2) is 28.8 Å². The van der Waals surface area contributed by atoms with Crippen LogP contribution in [0, 0.1) is 0 Å². The Labute approximate surface area is 151 Å². The Morgan fingerprint density at radius 1 is 1.00 bits per heavy atom. The predicted molar refractivity (Wildman–Crippen MR) is 95.9 cm³/mol. The van der Waals surface area contributed by atoms with Gasteiger partial charge in [-0.25, -0.2) is 8.42 Å². The summed E-state index contributed by atoms with van der Waals surface area (Å²) in [6.45, 7) is 1.02. The van der Waals surface area contributed by atoms with Gasteiger partial charge < -0.3 is 4.57 Å². The van der Waals surface area contributed by atoms with Crippen LogP contribution in [0.3, 0.4) is 0 Å². The van der Waals surface area contributed by atoms with E-state index in [0.29, 0.717) is 18.1 Å². The van der Waals surface area contributed by atoms with Crippen LogP contribution in [0.1, 0.15) is 17.3 Å². The Morgan fingerprint density at radius 2 is 1.72 bits per heavy atom. The Morgan fingerprint density at radius 3 is 2.44 bits per heavy atom. The van der Waals surface area contributed by atoms with E-state index in [1.807, 2.05) is 30.5 Å². The van der Waals surface area contributed by atoms with Crippen molar-refractivity contribution in [1.29, 1.82) is 0 Å². The highest BCUT2D eigenvalue weighted by atomic mass is 35.5. The minimum atomic E-state index is -3.66. The lowest BCUT2D eigenvalue weighted by atomic mass is 10.0. The molecule has 3 aromatic rings. The number of benzene rings is 1. The smallest absolute Gasteiger partial charge is 0.244 e. The van der Waals surface area contributed by atoms with Gasteiger partial charge in [0.15, 0.2) is 0 Å². The molecule has 1 aromatic carbocycles. The molecule has 0 amide bonds. The lowest BCUT2D eigenvalue weighted by molar-refractivity contribution is 0.298. The highest BCUT2D eigenvalue weighted by molar-refractivity contribution is 7.89. The summed E-state index contributed by atoms with van der Waals surface area (Å²) >= 11 is 5.91. The number of fused-ring (bicyclic) bond motifs is 1. The molecule has 0 radical (unpaired) electrons. The van der Waals surface area contributed by atoms with Gasteiger partial charge in [0.1, 0.15) is 0 Å². The van der Waals surface area contributed by atoms with Crippen LogP contribution in [0.2, 0.25) is 5.02 Å². The molecular formula is C18H16ClN3O2S. The van der Waals surface area contributed by atoms with E-state index in [0.717, 1.165) is 11.3 Å². The molecule has 0 bridgehead atoms. The summed E-state index contributed by atoms with van der Waals surface area (Å²) in [6, 6.07) is 13.5. The number of hydrogen-bond donors (Lipinski definition) is 0. The molecule has 1 unspecified atom stereocenters. The van der Waals surface area contributed by atoms with E-state index < -0.39 is 10.0 Å². The van der Waals surface area contributed by atoms with Crippen LogP contribution in [0.25, 0.3) is 0 Å². The Kier molecular flexibility index (Phi) is 4.11. The maximum absolute atomic E-state index is 13.3. The highest BCUT2D eigenvalue weighted by Gasteiger charge is 2.37. The fourth-order valence-corrected chi connectivity index (χ4v) is 4.95. The Bertz CT molecular complexity index is 985. The zero-order chi connectivity index (χ0) is 17.4. The van der Waals surface area contributed by atoms with Gasteiger partial charge in [-0.1, -0.05) is 11.6 Å². The summed E-state index contributed by atoms with van der Waals surface area (Å²) in [6.07, 6.45) is 5.35. The predicted octanol–water partition coefficient (Wildman–Crippen LogP) is 3.33. The molecule has 0 N–H and O–H groups in total. The molecule has 0 saturated carbocycles. The second kappa shape index (κ2) is 6.29. The highest BCUT2D eigenvalue weighted by Crippen LogP contribution is 2.36. The van der Waals surface area contributed by atoms with Gasteiger partial charge in [0.2, 0.25) is 10.0 Å². The second-order valence-electron chi connectivity index (χ2n) is 5.88. The summed E-state index contributed by atoms with van der Waals surface area (Å²) < 4.78 is 30.2. The number of aromatic nitrogens is 2. The monoisotopic (exact) mass is 373 g/mol. The summed E-state index contributed by atoms with van der Waals surface area (Å²) in [5.74, 6) is 0. The SMILES string of the molecule is O=S(=O)(c1ccc(Cl)cc1)N1CCn2cccc2C1c1ccncc1. The first-order chi connectivity index (χ1) is 12.1. The molecule has 5 nitrogen and oxygen atoms in total. The third-order valence-electron chi connectivity index (χ3n) is 4.44. The van der Waals surface area contributed by atoms with E-state index in [9.17, 15) is 8.42 Å². The molecule has 1 atom stereocenters. The molecule has 7 heteroatoms. The quantitative estimate of drug-likeness (QED) is 0.707. The second-order valence-corrected chi connectivity index (χ2v) is 8.21. The number of nitrogens with zero attached hydrogens (tertiary/aromatic N) is 3. The number of rotatable bonds is 3. The van der Waals surface area contributed by atoms with Crippen molar-refractivity contribution in [2.75, 3.05) is 6.54 Å². The topological polar surface area (TPSA) is 55.2 Å². The van der Waals surface area contributed by atoms with Gasteiger partial charge in [0, 0.05) is 42.4 Å². The molecule has 4 rings (SSSR count). The van der Waals surface area contributed by atoms with E-state index in [1.54, 1.807) is 41.0 Å². The molecule has 0 saturated heterocycles. The zero-order valence-corrected chi connectivity index (χ0v) is 14.9. The van der Waals surface area contributed by atoms with Crippen LogP contribution in [0.4, 0.5) is 0 Å². The number of hydrogen-bond acceptors (Lipinski definition) is 3. The molecular weight excluding hydrogens is 358 g/mol. The van der Waals surface area contributed by atoms with Gasteiger partial charge in [0.25, 0.3) is 0 Å². The van der Waals surface area contributed by atoms with E-state index in [4.69, 9.17) is 11.6 Å². The first-order valence-corrected chi connectivity index (χ1v) is 9.71. The molecule has 1 aliphatic rings. The molecule has 0 fully saturated rings.